The van der Waals surface area contributed by atoms with Gasteiger partial charge in [-0.15, -0.1) is 0 Å². The Kier molecular flexibility index (Phi) is 10.4. The molecular weight excluding hydrogens is 530 g/mol. The van der Waals surface area contributed by atoms with E-state index in [1.165, 1.54) is 0 Å². The van der Waals surface area contributed by atoms with Crippen molar-refractivity contribution < 1.29 is 28.5 Å². The summed E-state index contributed by atoms with van der Waals surface area (Å²) in [6.07, 6.45) is 0. The summed E-state index contributed by atoms with van der Waals surface area (Å²) in [5.41, 5.74) is 1.59. The van der Waals surface area contributed by atoms with Gasteiger partial charge < -0.3 is 44.5 Å². The van der Waals surface area contributed by atoms with E-state index in [9.17, 15) is 4.79 Å². The zero-order valence-electron chi connectivity index (χ0n) is 22.8. The van der Waals surface area contributed by atoms with Crippen molar-refractivity contribution in [2.45, 2.75) is 6.54 Å². The summed E-state index contributed by atoms with van der Waals surface area (Å²) < 4.78 is 27.8. The van der Waals surface area contributed by atoms with Crippen LogP contribution in [-0.2, 0) is 20.8 Å². The summed E-state index contributed by atoms with van der Waals surface area (Å²) in [6.45, 7) is 6.02. The fourth-order valence-corrected chi connectivity index (χ4v) is 4.22. The van der Waals surface area contributed by atoms with E-state index >= 15 is 0 Å². The van der Waals surface area contributed by atoms with Gasteiger partial charge in [0.1, 0.15) is 0 Å². The van der Waals surface area contributed by atoms with Crippen LogP contribution in [-0.4, -0.2) is 93.5 Å². The van der Waals surface area contributed by atoms with E-state index in [1.54, 1.807) is 12.1 Å². The highest BCUT2D eigenvalue weighted by atomic mass is 16.7. The number of morpholine rings is 1. The van der Waals surface area contributed by atoms with Crippen LogP contribution in [0.2, 0.25) is 0 Å². The number of rotatable bonds is 15. The monoisotopic (exact) mass is 565 g/mol. The van der Waals surface area contributed by atoms with Crippen molar-refractivity contribution >= 4 is 23.8 Å². The number of hydrogen-bond donors (Lipinski definition) is 3. The Balaban J connectivity index is 1.04. The molecule has 1 aromatic heterocycles. The predicted octanol–water partition coefficient (Wildman–Crippen LogP) is 1.92. The number of nitrogens with zero attached hydrogens (tertiary/aromatic N) is 4. The Morgan fingerprint density at radius 1 is 0.829 bits per heavy atom. The zero-order chi connectivity index (χ0) is 28.1. The molecule has 5 rings (SSSR count). The molecule has 1 fully saturated rings. The summed E-state index contributed by atoms with van der Waals surface area (Å²) in [4.78, 5) is 27.9. The zero-order valence-corrected chi connectivity index (χ0v) is 22.8. The molecular formula is C28H35N7O6. The number of nitrogens with one attached hydrogen (secondary N) is 3. The fourth-order valence-electron chi connectivity index (χ4n) is 4.22. The van der Waals surface area contributed by atoms with Gasteiger partial charge in [-0.1, -0.05) is 30.3 Å². The number of benzene rings is 2. The predicted molar refractivity (Wildman–Crippen MR) is 152 cm³/mol. The van der Waals surface area contributed by atoms with Crippen LogP contribution in [0.1, 0.15) is 15.9 Å². The van der Waals surface area contributed by atoms with Crippen LogP contribution in [0, 0.1) is 0 Å². The van der Waals surface area contributed by atoms with Crippen LogP contribution in [0.25, 0.3) is 0 Å². The van der Waals surface area contributed by atoms with E-state index in [0.29, 0.717) is 95.8 Å². The molecule has 41 heavy (non-hydrogen) atoms. The van der Waals surface area contributed by atoms with E-state index < -0.39 is 0 Å². The van der Waals surface area contributed by atoms with E-state index in [4.69, 9.17) is 23.7 Å². The average Bonchev–Trinajstić information content (AvgIpc) is 3.51. The summed E-state index contributed by atoms with van der Waals surface area (Å²) in [6, 6.07) is 14.9. The first kappa shape index (κ1) is 28.3. The standard InChI is InChI=1S/C28H35N7O6/c36-25(21-5-2-1-3-6-21)29-9-13-37-17-18-38-14-10-30-26-32-27(34-28(33-26)35-11-15-39-16-12-35)31-19-22-7-4-8-23-24(22)41-20-40-23/h1-8H,9-20H2,(H,29,36)(H2,30,31,32,33,34). The SMILES string of the molecule is O=C(NCCOCCOCCNc1nc(NCc2cccc3c2OCO3)nc(N2CCOCC2)n1)c1ccccc1. The van der Waals surface area contributed by atoms with Gasteiger partial charge in [-0.3, -0.25) is 4.79 Å². The molecule has 3 heterocycles. The first-order valence-corrected chi connectivity index (χ1v) is 13.7. The topological polar surface area (TPSA) is 141 Å². The molecule has 0 atom stereocenters. The van der Waals surface area contributed by atoms with Gasteiger partial charge in [-0.2, -0.15) is 15.0 Å². The van der Waals surface area contributed by atoms with Gasteiger partial charge in [0, 0.05) is 43.9 Å². The number of para-hydroxylation sites is 1. The molecule has 0 saturated carbocycles. The normalized spacial score (nSPS) is 14.1. The number of ether oxygens (including phenoxy) is 5. The molecule has 3 N–H and O–H groups in total. The summed E-state index contributed by atoms with van der Waals surface area (Å²) in [5.74, 6) is 2.84. The second-order valence-electron chi connectivity index (χ2n) is 9.16. The quantitative estimate of drug-likeness (QED) is 0.232. The number of amides is 1. The van der Waals surface area contributed by atoms with Crippen LogP contribution in [0.15, 0.2) is 48.5 Å². The molecule has 0 radical (unpaired) electrons. The Hall–Kier alpha value is -4.20. The fraction of sp³-hybridized carbons (Fsp3) is 0.429. The number of anilines is 3. The van der Waals surface area contributed by atoms with Crippen LogP contribution >= 0.6 is 0 Å². The third-order valence-electron chi connectivity index (χ3n) is 6.30. The second kappa shape index (κ2) is 15.0. The van der Waals surface area contributed by atoms with Gasteiger partial charge in [0.25, 0.3) is 5.91 Å². The summed E-state index contributed by atoms with van der Waals surface area (Å²) >= 11 is 0. The maximum atomic E-state index is 12.0. The number of hydrogen-bond acceptors (Lipinski definition) is 12. The lowest BCUT2D eigenvalue weighted by Crippen LogP contribution is -2.37. The highest BCUT2D eigenvalue weighted by Gasteiger charge is 2.19. The maximum absolute atomic E-state index is 12.0. The summed E-state index contributed by atoms with van der Waals surface area (Å²) in [5, 5.41) is 9.35. The molecule has 1 saturated heterocycles. The van der Waals surface area contributed by atoms with Gasteiger partial charge in [0.05, 0.1) is 39.6 Å². The minimum absolute atomic E-state index is 0.114. The van der Waals surface area contributed by atoms with Gasteiger partial charge in [-0.05, 0) is 18.2 Å². The molecule has 0 bridgehead atoms. The first-order chi connectivity index (χ1) is 20.3. The van der Waals surface area contributed by atoms with E-state index in [2.05, 4.69) is 35.8 Å². The number of aromatic nitrogens is 3. The van der Waals surface area contributed by atoms with Crippen molar-refractivity contribution in [2.24, 2.45) is 0 Å². The number of carbonyl (C=O) groups excluding carboxylic acids is 1. The average molecular weight is 566 g/mol. The molecule has 3 aromatic rings. The van der Waals surface area contributed by atoms with Crippen LogP contribution in [0.3, 0.4) is 0 Å². The highest BCUT2D eigenvalue weighted by molar-refractivity contribution is 5.94. The van der Waals surface area contributed by atoms with Crippen molar-refractivity contribution in [1.82, 2.24) is 20.3 Å². The van der Waals surface area contributed by atoms with Crippen molar-refractivity contribution in [1.29, 1.82) is 0 Å². The van der Waals surface area contributed by atoms with Crippen molar-refractivity contribution in [3.05, 3.63) is 59.7 Å². The molecule has 13 heteroatoms. The van der Waals surface area contributed by atoms with E-state index in [0.717, 1.165) is 17.1 Å². The van der Waals surface area contributed by atoms with Crippen LogP contribution in [0.5, 0.6) is 11.5 Å². The lowest BCUT2D eigenvalue weighted by Gasteiger charge is -2.27. The summed E-state index contributed by atoms with van der Waals surface area (Å²) in [7, 11) is 0. The lowest BCUT2D eigenvalue weighted by atomic mass is 10.2. The van der Waals surface area contributed by atoms with Gasteiger partial charge in [0.15, 0.2) is 11.5 Å². The van der Waals surface area contributed by atoms with Gasteiger partial charge in [-0.25, -0.2) is 0 Å². The molecule has 2 aliphatic rings. The molecule has 13 nitrogen and oxygen atoms in total. The Labute approximate surface area is 238 Å². The number of fused-ring (bicyclic) bond motifs is 1. The third-order valence-corrected chi connectivity index (χ3v) is 6.30. The minimum Gasteiger partial charge on any atom is -0.454 e. The van der Waals surface area contributed by atoms with E-state index in [-0.39, 0.29) is 12.7 Å². The van der Waals surface area contributed by atoms with Crippen molar-refractivity contribution in [3.63, 3.8) is 0 Å². The minimum atomic E-state index is -0.114. The molecule has 0 aliphatic carbocycles. The largest absolute Gasteiger partial charge is 0.454 e. The molecule has 218 valence electrons. The smallest absolute Gasteiger partial charge is 0.251 e. The highest BCUT2D eigenvalue weighted by Crippen LogP contribution is 2.35. The second-order valence-corrected chi connectivity index (χ2v) is 9.16. The lowest BCUT2D eigenvalue weighted by molar-refractivity contribution is 0.0519. The third kappa shape index (κ3) is 8.39. The molecule has 0 spiro atoms. The molecule has 0 unspecified atom stereocenters. The van der Waals surface area contributed by atoms with Crippen molar-refractivity contribution in [3.8, 4) is 11.5 Å². The van der Waals surface area contributed by atoms with Crippen molar-refractivity contribution in [2.75, 3.05) is 88.1 Å². The molecule has 2 aliphatic heterocycles. The Bertz CT molecular complexity index is 1260. The first-order valence-electron chi connectivity index (χ1n) is 13.7. The maximum Gasteiger partial charge on any atom is 0.251 e. The van der Waals surface area contributed by atoms with Crippen LogP contribution < -0.4 is 30.3 Å². The molecule has 2 aromatic carbocycles. The van der Waals surface area contributed by atoms with Crippen LogP contribution in [0.4, 0.5) is 17.8 Å². The number of carbonyl (C=O) groups is 1. The Morgan fingerprint density at radius 2 is 1.59 bits per heavy atom. The van der Waals surface area contributed by atoms with Gasteiger partial charge in [0.2, 0.25) is 24.6 Å². The Morgan fingerprint density at radius 3 is 2.39 bits per heavy atom. The molecule has 1 amide bonds. The van der Waals surface area contributed by atoms with Gasteiger partial charge >= 0.3 is 0 Å². The van der Waals surface area contributed by atoms with E-state index in [1.807, 2.05) is 36.4 Å².